The van der Waals surface area contributed by atoms with Crippen LogP contribution in [0.1, 0.15) is 32.1 Å². The second-order valence-corrected chi connectivity index (χ2v) is 5.28. The SMILES string of the molecule is CN(C#N)c1cc(N(C)CC2CCCCC2)ncn1. The van der Waals surface area contributed by atoms with E-state index in [-0.39, 0.29) is 0 Å². The first kappa shape index (κ1) is 13.6. The third kappa shape index (κ3) is 3.57. The molecule has 0 bridgehead atoms. The fourth-order valence-corrected chi connectivity index (χ4v) is 2.63. The molecule has 0 saturated heterocycles. The van der Waals surface area contributed by atoms with Crippen LogP contribution in [0.3, 0.4) is 0 Å². The average molecular weight is 259 g/mol. The molecule has 2 rings (SSSR count). The molecule has 0 unspecified atom stereocenters. The molecule has 0 aromatic carbocycles. The molecule has 1 aromatic rings. The van der Waals surface area contributed by atoms with Crippen LogP contribution in [0, 0.1) is 17.4 Å². The van der Waals surface area contributed by atoms with Crippen molar-refractivity contribution in [3.05, 3.63) is 12.4 Å². The molecule has 1 heterocycles. The van der Waals surface area contributed by atoms with Gasteiger partial charge >= 0.3 is 0 Å². The van der Waals surface area contributed by atoms with Gasteiger partial charge in [0.15, 0.2) is 6.19 Å². The van der Waals surface area contributed by atoms with E-state index in [0.717, 1.165) is 18.3 Å². The van der Waals surface area contributed by atoms with E-state index in [4.69, 9.17) is 5.26 Å². The van der Waals surface area contributed by atoms with E-state index >= 15 is 0 Å². The van der Waals surface area contributed by atoms with Crippen molar-refractivity contribution < 1.29 is 0 Å². The summed E-state index contributed by atoms with van der Waals surface area (Å²) in [6.07, 6.45) is 10.3. The van der Waals surface area contributed by atoms with E-state index < -0.39 is 0 Å². The Hall–Kier alpha value is -1.83. The molecule has 0 radical (unpaired) electrons. The van der Waals surface area contributed by atoms with Gasteiger partial charge in [-0.2, -0.15) is 5.26 Å². The van der Waals surface area contributed by atoms with E-state index in [0.29, 0.717) is 5.82 Å². The lowest BCUT2D eigenvalue weighted by Crippen LogP contribution is -2.27. The van der Waals surface area contributed by atoms with Crippen LogP contribution < -0.4 is 9.80 Å². The van der Waals surface area contributed by atoms with Crippen molar-refractivity contribution in [1.82, 2.24) is 9.97 Å². The highest BCUT2D eigenvalue weighted by atomic mass is 15.2. The Balaban J connectivity index is 2.02. The van der Waals surface area contributed by atoms with Crippen molar-refractivity contribution in [2.75, 3.05) is 30.4 Å². The van der Waals surface area contributed by atoms with Crippen molar-refractivity contribution in [3.8, 4) is 6.19 Å². The molecule has 0 N–H and O–H groups in total. The molecule has 1 aliphatic carbocycles. The zero-order valence-corrected chi connectivity index (χ0v) is 11.7. The van der Waals surface area contributed by atoms with Gasteiger partial charge in [-0.05, 0) is 18.8 Å². The summed E-state index contributed by atoms with van der Waals surface area (Å²) in [7, 11) is 3.76. The van der Waals surface area contributed by atoms with Crippen LogP contribution in [0.4, 0.5) is 11.6 Å². The van der Waals surface area contributed by atoms with Crippen LogP contribution in [-0.2, 0) is 0 Å². The highest BCUT2D eigenvalue weighted by Crippen LogP contribution is 2.25. The predicted molar refractivity (Wildman–Crippen MR) is 75.9 cm³/mol. The highest BCUT2D eigenvalue weighted by molar-refractivity contribution is 5.51. The lowest BCUT2D eigenvalue weighted by Gasteiger charge is -2.27. The van der Waals surface area contributed by atoms with Gasteiger partial charge in [0.2, 0.25) is 0 Å². The van der Waals surface area contributed by atoms with Crippen LogP contribution in [0.15, 0.2) is 12.4 Å². The number of hydrogen-bond acceptors (Lipinski definition) is 5. The summed E-state index contributed by atoms with van der Waals surface area (Å²) in [6, 6.07) is 1.87. The van der Waals surface area contributed by atoms with Gasteiger partial charge in [0.05, 0.1) is 0 Å². The fraction of sp³-hybridized carbons (Fsp3) is 0.643. The van der Waals surface area contributed by atoms with E-state index in [1.807, 2.05) is 6.07 Å². The zero-order chi connectivity index (χ0) is 13.7. The fourth-order valence-electron chi connectivity index (χ4n) is 2.63. The first-order valence-electron chi connectivity index (χ1n) is 6.87. The second-order valence-electron chi connectivity index (χ2n) is 5.28. The highest BCUT2D eigenvalue weighted by Gasteiger charge is 2.16. The van der Waals surface area contributed by atoms with Crippen molar-refractivity contribution in [3.63, 3.8) is 0 Å². The molecule has 5 nitrogen and oxygen atoms in total. The summed E-state index contributed by atoms with van der Waals surface area (Å²) in [5, 5.41) is 8.88. The van der Waals surface area contributed by atoms with Gasteiger partial charge in [-0.25, -0.2) is 9.97 Å². The van der Waals surface area contributed by atoms with Crippen molar-refractivity contribution >= 4 is 11.6 Å². The molecule has 1 saturated carbocycles. The van der Waals surface area contributed by atoms with Crippen LogP contribution >= 0.6 is 0 Å². The number of nitrogens with zero attached hydrogens (tertiary/aromatic N) is 5. The minimum absolute atomic E-state index is 0.642. The van der Waals surface area contributed by atoms with Crippen LogP contribution in [0.2, 0.25) is 0 Å². The Labute approximate surface area is 114 Å². The summed E-state index contributed by atoms with van der Waals surface area (Å²) in [5.41, 5.74) is 0. The Morgan fingerprint density at radius 1 is 1.21 bits per heavy atom. The molecule has 0 amide bonds. The maximum Gasteiger partial charge on any atom is 0.185 e. The van der Waals surface area contributed by atoms with E-state index in [2.05, 4.69) is 28.1 Å². The van der Waals surface area contributed by atoms with E-state index in [1.54, 1.807) is 7.05 Å². The molecule has 102 valence electrons. The Kier molecular flexibility index (Phi) is 4.56. The Bertz CT molecular complexity index is 447. The maximum atomic E-state index is 8.88. The standard InChI is InChI=1S/C14H21N5/c1-18(9-12-6-4-3-5-7-12)13-8-14(17-11-16-13)19(2)10-15/h8,11-12H,3-7,9H2,1-2H3. The molecule has 5 heteroatoms. The molecule has 19 heavy (non-hydrogen) atoms. The molecule has 0 atom stereocenters. The van der Waals surface area contributed by atoms with Gasteiger partial charge in [0.25, 0.3) is 0 Å². The lowest BCUT2D eigenvalue weighted by molar-refractivity contribution is 0.361. The first-order valence-corrected chi connectivity index (χ1v) is 6.87. The predicted octanol–water partition coefficient (Wildman–Crippen LogP) is 2.41. The number of hydrogen-bond donors (Lipinski definition) is 0. The van der Waals surface area contributed by atoms with Gasteiger partial charge < -0.3 is 4.90 Å². The third-order valence-corrected chi connectivity index (χ3v) is 3.78. The monoisotopic (exact) mass is 259 g/mol. The van der Waals surface area contributed by atoms with Crippen LogP contribution in [-0.4, -0.2) is 30.6 Å². The summed E-state index contributed by atoms with van der Waals surface area (Å²) >= 11 is 0. The summed E-state index contributed by atoms with van der Waals surface area (Å²) in [4.78, 5) is 12.0. The topological polar surface area (TPSA) is 56.1 Å². The third-order valence-electron chi connectivity index (χ3n) is 3.78. The quantitative estimate of drug-likeness (QED) is 0.614. The largest absolute Gasteiger partial charge is 0.359 e. The van der Waals surface area contributed by atoms with E-state index in [9.17, 15) is 0 Å². The van der Waals surface area contributed by atoms with Crippen molar-refractivity contribution in [2.24, 2.45) is 5.92 Å². The number of anilines is 2. The lowest BCUT2D eigenvalue weighted by atomic mass is 9.89. The smallest absolute Gasteiger partial charge is 0.185 e. The molecular weight excluding hydrogens is 238 g/mol. The Morgan fingerprint density at radius 2 is 1.89 bits per heavy atom. The molecule has 0 spiro atoms. The average Bonchev–Trinajstić information content (AvgIpc) is 2.47. The minimum atomic E-state index is 0.642. The molecule has 1 aromatic heterocycles. The first-order chi connectivity index (χ1) is 9.20. The second kappa shape index (κ2) is 6.37. The zero-order valence-electron chi connectivity index (χ0n) is 11.7. The summed E-state index contributed by atoms with van der Waals surface area (Å²) in [5.74, 6) is 2.30. The summed E-state index contributed by atoms with van der Waals surface area (Å²) < 4.78 is 0. The molecule has 1 aliphatic rings. The van der Waals surface area contributed by atoms with Gasteiger partial charge in [-0.15, -0.1) is 0 Å². The van der Waals surface area contributed by atoms with Gasteiger partial charge in [-0.3, -0.25) is 4.90 Å². The van der Waals surface area contributed by atoms with Gasteiger partial charge in [-0.1, -0.05) is 19.3 Å². The number of aromatic nitrogens is 2. The number of rotatable bonds is 4. The maximum absolute atomic E-state index is 8.88. The number of nitriles is 1. The molecule has 1 fully saturated rings. The minimum Gasteiger partial charge on any atom is -0.359 e. The van der Waals surface area contributed by atoms with Crippen molar-refractivity contribution in [1.29, 1.82) is 5.26 Å². The van der Waals surface area contributed by atoms with Gasteiger partial charge in [0.1, 0.15) is 18.0 Å². The van der Waals surface area contributed by atoms with Crippen molar-refractivity contribution in [2.45, 2.75) is 32.1 Å². The van der Waals surface area contributed by atoms with Gasteiger partial charge in [0, 0.05) is 26.7 Å². The summed E-state index contributed by atoms with van der Waals surface area (Å²) in [6.45, 7) is 1.03. The van der Waals surface area contributed by atoms with Crippen LogP contribution in [0.5, 0.6) is 0 Å². The Morgan fingerprint density at radius 3 is 2.58 bits per heavy atom. The van der Waals surface area contributed by atoms with Crippen LogP contribution in [0.25, 0.3) is 0 Å². The molecular formula is C14H21N5. The molecule has 0 aliphatic heterocycles. The normalized spacial score (nSPS) is 15.8. The van der Waals surface area contributed by atoms with E-state index in [1.165, 1.54) is 43.3 Å².